The third kappa shape index (κ3) is 3.62. The van der Waals surface area contributed by atoms with Crippen molar-refractivity contribution >= 4 is 28.8 Å². The van der Waals surface area contributed by atoms with Crippen LogP contribution in [0.2, 0.25) is 4.47 Å². The number of rotatable bonds is 5. The van der Waals surface area contributed by atoms with Crippen LogP contribution in [0.15, 0.2) is 0 Å². The summed E-state index contributed by atoms with van der Waals surface area (Å²) in [4.78, 5) is 12.4. The predicted octanol–water partition coefficient (Wildman–Crippen LogP) is 0.891. The van der Waals surface area contributed by atoms with Crippen LogP contribution in [-0.2, 0) is 0 Å². The highest BCUT2D eigenvalue weighted by Gasteiger charge is 2.22. The third-order valence-corrected chi connectivity index (χ3v) is 2.61. The zero-order chi connectivity index (χ0) is 12.1. The van der Waals surface area contributed by atoms with E-state index in [0.717, 1.165) is 16.2 Å². The van der Waals surface area contributed by atoms with Gasteiger partial charge in [0.05, 0.1) is 13.2 Å². The minimum atomic E-state index is -2.67. The SMILES string of the molecule is O=C(c1nnc(Cl)s1)N(CCO)CC(F)F. The van der Waals surface area contributed by atoms with E-state index in [0.29, 0.717) is 0 Å². The number of hydrogen-bond acceptors (Lipinski definition) is 5. The molecule has 0 unspecified atom stereocenters. The van der Waals surface area contributed by atoms with Gasteiger partial charge in [-0.3, -0.25) is 4.79 Å². The van der Waals surface area contributed by atoms with Crippen molar-refractivity contribution in [3.05, 3.63) is 9.47 Å². The summed E-state index contributed by atoms with van der Waals surface area (Å²) < 4.78 is 24.4. The first-order valence-electron chi connectivity index (χ1n) is 4.22. The van der Waals surface area contributed by atoms with Crippen LogP contribution in [0.4, 0.5) is 8.78 Å². The van der Waals surface area contributed by atoms with Crippen LogP contribution in [-0.4, -0.2) is 52.2 Å². The van der Waals surface area contributed by atoms with Crippen molar-refractivity contribution in [2.75, 3.05) is 19.7 Å². The summed E-state index contributed by atoms with van der Waals surface area (Å²) >= 11 is 6.27. The monoisotopic (exact) mass is 271 g/mol. The molecule has 1 aromatic heterocycles. The van der Waals surface area contributed by atoms with E-state index in [1.807, 2.05) is 0 Å². The Bertz CT molecular complexity index is 363. The highest BCUT2D eigenvalue weighted by molar-refractivity contribution is 7.17. The van der Waals surface area contributed by atoms with Crippen LogP contribution >= 0.6 is 22.9 Å². The maximum Gasteiger partial charge on any atom is 0.285 e. The van der Waals surface area contributed by atoms with Gasteiger partial charge in [0, 0.05) is 6.54 Å². The molecule has 5 nitrogen and oxygen atoms in total. The first-order chi connectivity index (χ1) is 7.54. The van der Waals surface area contributed by atoms with Crippen molar-refractivity contribution in [1.29, 1.82) is 0 Å². The third-order valence-electron chi connectivity index (χ3n) is 1.60. The van der Waals surface area contributed by atoms with Crippen molar-refractivity contribution in [1.82, 2.24) is 15.1 Å². The molecule has 0 saturated carbocycles. The number of halogens is 3. The number of nitrogens with zero attached hydrogens (tertiary/aromatic N) is 3. The van der Waals surface area contributed by atoms with E-state index in [1.165, 1.54) is 0 Å². The summed E-state index contributed by atoms with van der Waals surface area (Å²) in [6.45, 7) is -1.33. The smallest absolute Gasteiger partial charge is 0.285 e. The van der Waals surface area contributed by atoms with Gasteiger partial charge in [-0.1, -0.05) is 11.3 Å². The molecule has 0 radical (unpaired) electrons. The van der Waals surface area contributed by atoms with Gasteiger partial charge in [-0.25, -0.2) is 8.78 Å². The van der Waals surface area contributed by atoms with E-state index in [1.54, 1.807) is 0 Å². The molecule has 1 amide bonds. The lowest BCUT2D eigenvalue weighted by atomic mass is 10.4. The fourth-order valence-corrected chi connectivity index (χ4v) is 1.79. The molecule has 1 aromatic rings. The average Bonchev–Trinajstić information content (AvgIpc) is 2.62. The molecule has 0 aliphatic heterocycles. The summed E-state index contributed by atoms with van der Waals surface area (Å²) in [6.07, 6.45) is -2.67. The van der Waals surface area contributed by atoms with Crippen LogP contribution in [0.1, 0.15) is 9.80 Å². The minimum Gasteiger partial charge on any atom is -0.395 e. The Balaban J connectivity index is 2.74. The van der Waals surface area contributed by atoms with Crippen LogP contribution in [0.5, 0.6) is 0 Å². The molecule has 0 spiro atoms. The van der Waals surface area contributed by atoms with E-state index in [-0.39, 0.29) is 16.0 Å². The molecule has 1 N–H and O–H groups in total. The number of alkyl halides is 2. The van der Waals surface area contributed by atoms with Gasteiger partial charge >= 0.3 is 0 Å². The number of aliphatic hydroxyl groups excluding tert-OH is 1. The molecule has 0 aromatic carbocycles. The molecule has 1 rings (SSSR count). The van der Waals surface area contributed by atoms with Gasteiger partial charge in [-0.2, -0.15) is 0 Å². The molecular formula is C7H8ClF2N3O2S. The van der Waals surface area contributed by atoms with E-state index < -0.39 is 25.5 Å². The Hall–Kier alpha value is -0.860. The number of carbonyl (C=O) groups excluding carboxylic acids is 1. The van der Waals surface area contributed by atoms with Gasteiger partial charge in [0.1, 0.15) is 0 Å². The van der Waals surface area contributed by atoms with Gasteiger partial charge in [0.25, 0.3) is 12.3 Å². The topological polar surface area (TPSA) is 66.3 Å². The summed E-state index contributed by atoms with van der Waals surface area (Å²) in [5.74, 6) is -0.709. The summed E-state index contributed by atoms with van der Waals surface area (Å²) in [7, 11) is 0. The second-order valence-electron chi connectivity index (χ2n) is 2.73. The summed E-state index contributed by atoms with van der Waals surface area (Å²) in [5, 5.41) is 15.4. The number of hydrogen-bond donors (Lipinski definition) is 1. The first kappa shape index (κ1) is 13.2. The maximum absolute atomic E-state index is 12.2. The molecule has 0 bridgehead atoms. The van der Waals surface area contributed by atoms with Crippen molar-refractivity contribution < 1.29 is 18.7 Å². The molecule has 9 heteroatoms. The number of aromatic nitrogens is 2. The predicted molar refractivity (Wildman–Crippen MR) is 53.9 cm³/mol. The average molecular weight is 272 g/mol. The van der Waals surface area contributed by atoms with Crippen molar-refractivity contribution in [2.24, 2.45) is 0 Å². The largest absolute Gasteiger partial charge is 0.395 e. The molecule has 0 fully saturated rings. The maximum atomic E-state index is 12.2. The second-order valence-corrected chi connectivity index (χ2v) is 4.29. The zero-order valence-electron chi connectivity index (χ0n) is 7.94. The van der Waals surface area contributed by atoms with Crippen LogP contribution in [0, 0.1) is 0 Å². The lowest BCUT2D eigenvalue weighted by Gasteiger charge is -2.19. The standard InChI is InChI=1S/C7H8ClF2N3O2S/c8-7-12-11-5(16-7)6(15)13(1-2-14)3-4(9)10/h4,14H,1-3H2. The molecular weight excluding hydrogens is 264 g/mol. The lowest BCUT2D eigenvalue weighted by molar-refractivity contribution is 0.0508. The molecule has 90 valence electrons. The Morgan fingerprint density at radius 2 is 2.25 bits per heavy atom. The van der Waals surface area contributed by atoms with Crippen molar-refractivity contribution in [3.8, 4) is 0 Å². The van der Waals surface area contributed by atoms with Gasteiger partial charge in [0.15, 0.2) is 0 Å². The quantitative estimate of drug-likeness (QED) is 0.864. The highest BCUT2D eigenvalue weighted by atomic mass is 35.5. The van der Waals surface area contributed by atoms with Gasteiger partial charge in [0.2, 0.25) is 9.47 Å². The van der Waals surface area contributed by atoms with Crippen LogP contribution in [0.3, 0.4) is 0 Å². The van der Waals surface area contributed by atoms with E-state index in [4.69, 9.17) is 16.7 Å². The zero-order valence-corrected chi connectivity index (χ0v) is 9.51. The van der Waals surface area contributed by atoms with Crippen LogP contribution < -0.4 is 0 Å². The number of aliphatic hydroxyl groups is 1. The second kappa shape index (κ2) is 6.02. The van der Waals surface area contributed by atoms with Gasteiger partial charge < -0.3 is 10.0 Å². The van der Waals surface area contributed by atoms with E-state index in [2.05, 4.69) is 10.2 Å². The molecule has 0 aliphatic rings. The van der Waals surface area contributed by atoms with Crippen molar-refractivity contribution in [3.63, 3.8) is 0 Å². The Morgan fingerprint density at radius 1 is 1.56 bits per heavy atom. The Kier molecular flexibility index (Phi) is 4.97. The normalized spacial score (nSPS) is 10.8. The van der Waals surface area contributed by atoms with E-state index in [9.17, 15) is 13.6 Å². The minimum absolute atomic E-state index is 0.0596. The number of amides is 1. The lowest BCUT2D eigenvalue weighted by Crippen LogP contribution is -2.37. The molecule has 1 heterocycles. The Labute approximate surface area is 98.7 Å². The molecule has 0 saturated heterocycles. The Morgan fingerprint density at radius 3 is 2.69 bits per heavy atom. The fraction of sp³-hybridized carbons (Fsp3) is 0.571. The summed E-state index contributed by atoms with van der Waals surface area (Å²) in [6, 6.07) is 0. The van der Waals surface area contributed by atoms with Gasteiger partial charge in [-0.05, 0) is 11.6 Å². The number of carbonyl (C=O) groups is 1. The molecule has 16 heavy (non-hydrogen) atoms. The molecule has 0 atom stereocenters. The highest BCUT2D eigenvalue weighted by Crippen LogP contribution is 2.17. The van der Waals surface area contributed by atoms with Crippen molar-refractivity contribution in [2.45, 2.75) is 6.43 Å². The van der Waals surface area contributed by atoms with Crippen LogP contribution in [0.25, 0.3) is 0 Å². The van der Waals surface area contributed by atoms with E-state index >= 15 is 0 Å². The fourth-order valence-electron chi connectivity index (χ4n) is 0.990. The first-order valence-corrected chi connectivity index (χ1v) is 5.41. The van der Waals surface area contributed by atoms with Gasteiger partial charge in [-0.15, -0.1) is 10.2 Å². The summed E-state index contributed by atoms with van der Waals surface area (Å²) in [5.41, 5.74) is 0. The molecule has 0 aliphatic carbocycles.